The van der Waals surface area contributed by atoms with Crippen molar-refractivity contribution in [3.05, 3.63) is 81.3 Å². The van der Waals surface area contributed by atoms with Gasteiger partial charge < -0.3 is 97.6 Å². The van der Waals surface area contributed by atoms with Crippen molar-refractivity contribution in [3.8, 4) is 5.75 Å². The first kappa shape index (κ1) is 104. The molecule has 1 saturated heterocycles. The number of hydrazine groups is 1. The number of urea groups is 2. The summed E-state index contributed by atoms with van der Waals surface area (Å²) in [7, 11) is 4.36. The molecule has 2 aromatic carbocycles. The SMILES string of the molecule is CCCCCCOCN(C(=O)C(NC(=O)[C@H]1CCCCN1C)[C@@H](C)CC)[C@H](C[C@@H](OC(C)=O)c1nc(C(=O)N[C@@H](Cc2ccc(O)cc2)C[C@H](C)C(=O)NNC(=O)OCCSSC[C@@H](C)NC(=O)[C@H](CC(=O)O)NC(=O)C(CC(=O)O)NC(=O)Cc2ccc(CNC(=O)NCCCC[C@H](NC(=O)N[C@@H](CCC(=O)O)C(=O)O)C(=O)O)cc2)cs1)C(C)C. The fourth-order valence-corrected chi connectivity index (χ4v) is 15.7. The lowest BCUT2D eigenvalue weighted by Gasteiger charge is -2.40. The van der Waals surface area contributed by atoms with Crippen molar-refractivity contribution in [2.45, 2.75) is 244 Å². The first-order valence-corrected chi connectivity index (χ1v) is 44.0. The molecule has 1 aromatic heterocycles. The molecule has 12 atom stereocenters. The third kappa shape index (κ3) is 39.9. The second kappa shape index (κ2) is 55.4. The lowest BCUT2D eigenvalue weighted by Crippen LogP contribution is -2.59. The average molecular weight is 1770 g/mol. The zero-order valence-corrected chi connectivity index (χ0v) is 72.7. The van der Waals surface area contributed by atoms with E-state index in [1.807, 2.05) is 45.0 Å². The van der Waals surface area contributed by atoms with Gasteiger partial charge in [0.1, 0.15) is 60.0 Å². The molecule has 12 amide bonds. The monoisotopic (exact) mass is 1770 g/mol. The molecule has 122 heavy (non-hydrogen) atoms. The van der Waals surface area contributed by atoms with Gasteiger partial charge in [-0.3, -0.25) is 63.1 Å². The number of ether oxygens (including phenoxy) is 3. The number of amides is 12. The summed E-state index contributed by atoms with van der Waals surface area (Å²) < 4.78 is 17.4. The molecule has 0 saturated carbocycles. The quantitative estimate of drug-likeness (QED) is 0.0109. The lowest BCUT2D eigenvalue weighted by molar-refractivity contribution is -0.153. The molecule has 3 aromatic rings. The number of nitrogens with one attached hydrogen (secondary N) is 11. The maximum absolute atomic E-state index is 15.1. The van der Waals surface area contributed by atoms with E-state index in [-0.39, 0.29) is 129 Å². The number of piperidine rings is 1. The highest BCUT2D eigenvalue weighted by Gasteiger charge is 2.40. The number of carboxylic acids is 5. The van der Waals surface area contributed by atoms with E-state index in [1.165, 1.54) is 58.2 Å². The molecule has 4 rings (SSSR count). The molecular formula is C80H120N14O25S3. The normalized spacial score (nSPS) is 15.3. The van der Waals surface area contributed by atoms with Crippen LogP contribution in [0.15, 0.2) is 53.9 Å². The van der Waals surface area contributed by atoms with Gasteiger partial charge in [-0.05, 0) is 119 Å². The summed E-state index contributed by atoms with van der Waals surface area (Å²) >= 11 is 1.08. The van der Waals surface area contributed by atoms with Gasteiger partial charge in [0.05, 0.1) is 25.3 Å². The molecule has 2 heterocycles. The topological polar surface area (TPSA) is 574 Å². The van der Waals surface area contributed by atoms with E-state index in [1.54, 1.807) is 43.0 Å². The standard InChI is InChI=1S/C80H120N14O25S3/c1-10-12-13-18-33-117-45-94(75(109)68(47(5)11-2)90-73(108)61-20-15-17-32-93(61)9)62(46(3)4)41-63(119-50(8)95)74-87-60(44-120-74)72(107)84-54(37-51-25-27-55(96)28-26-51)36-48(6)69(104)91-92-80(116)118-34-35-121-122-43-49(7)83-70(105)59(40-67(102)103)86-71(106)58(39-66(100)101)85-64(97)38-52-21-23-53(24-22-52)42-82-78(114)81-31-16-14-19-56(76(110)111)88-79(115)89-57(77(112)113)29-30-65(98)99/h21-28,44,46-49,54,56-59,61-63,68,96H,10-20,29-43,45H2,1-9H3,(H,83,105)(H,84,107)(H,85,97)(H,86,106)(H,90,108)(H,91,104)(H,92,116)(H,98,99)(H,100,101)(H,102,103)(H,110,111)(H,112,113)(H2,81,82,114)(H2,88,89,115)/t47-,48-,49+,54+,56-,57-,58?,59-,61+,62+,63+,68?/m0/s1. The number of carboxylic acid groups (broad SMARTS) is 5. The number of thiazole rings is 1. The Hall–Kier alpha value is -10.6. The molecule has 1 aliphatic rings. The number of phenolic OH excluding ortho intramolecular Hbond substituents is 1. The number of hydrogen-bond donors (Lipinski definition) is 17. The summed E-state index contributed by atoms with van der Waals surface area (Å²) in [6.45, 7) is 15.3. The average Bonchev–Trinajstić information content (AvgIpc) is 1.25. The number of phenols is 1. The minimum absolute atomic E-state index is 0.00145. The number of esters is 1. The molecule has 2 unspecified atom stereocenters. The Kier molecular flexibility index (Phi) is 47.1. The number of carbonyl (C=O) groups is 16. The molecule has 1 fully saturated rings. The third-order valence-corrected chi connectivity index (χ3v) is 23.2. The van der Waals surface area contributed by atoms with Crippen LogP contribution in [0.3, 0.4) is 0 Å². The second-order valence-corrected chi connectivity index (χ2v) is 33.8. The Morgan fingerprint density at radius 1 is 0.648 bits per heavy atom. The summed E-state index contributed by atoms with van der Waals surface area (Å²) in [4.78, 5) is 214. The maximum atomic E-state index is 15.1. The Morgan fingerprint density at radius 2 is 1.29 bits per heavy atom. The largest absolute Gasteiger partial charge is 0.508 e. The van der Waals surface area contributed by atoms with Crippen LogP contribution in [0.2, 0.25) is 0 Å². The Bertz CT molecular complexity index is 3940. The van der Waals surface area contributed by atoms with Crippen LogP contribution in [-0.2, 0) is 91.1 Å². The number of hydrogen-bond acceptors (Lipinski definition) is 25. The fraction of sp³-hybridized carbons (Fsp3) is 0.613. The summed E-state index contributed by atoms with van der Waals surface area (Å²) in [6.07, 6.45) is 2.25. The highest BCUT2D eigenvalue weighted by Crippen LogP contribution is 2.33. The molecule has 678 valence electrons. The number of nitrogens with zero attached hydrogens (tertiary/aromatic N) is 3. The van der Waals surface area contributed by atoms with Gasteiger partial charge in [-0.25, -0.2) is 34.4 Å². The molecular weight excluding hydrogens is 1650 g/mol. The number of aromatic hydroxyl groups is 1. The molecule has 0 aliphatic carbocycles. The number of rotatable bonds is 56. The predicted molar refractivity (Wildman–Crippen MR) is 449 cm³/mol. The first-order valence-electron chi connectivity index (χ1n) is 40.6. The molecule has 17 N–H and O–H groups in total. The van der Waals surface area contributed by atoms with E-state index in [0.717, 1.165) is 56.4 Å². The molecule has 0 spiro atoms. The summed E-state index contributed by atoms with van der Waals surface area (Å²) in [6, 6.07) is 0.979. The zero-order valence-electron chi connectivity index (χ0n) is 70.3. The van der Waals surface area contributed by atoms with Crippen LogP contribution in [0.25, 0.3) is 0 Å². The smallest absolute Gasteiger partial charge is 0.426 e. The first-order chi connectivity index (χ1) is 57.9. The Balaban J connectivity index is 1.26. The van der Waals surface area contributed by atoms with Gasteiger partial charge in [-0.2, -0.15) is 0 Å². The van der Waals surface area contributed by atoms with Crippen molar-refractivity contribution in [2.75, 3.05) is 51.6 Å². The molecule has 0 radical (unpaired) electrons. The summed E-state index contributed by atoms with van der Waals surface area (Å²) in [5.41, 5.74) is 6.19. The zero-order chi connectivity index (χ0) is 90.5. The van der Waals surface area contributed by atoms with Crippen molar-refractivity contribution in [1.29, 1.82) is 0 Å². The third-order valence-electron chi connectivity index (χ3n) is 19.7. The number of aromatic nitrogens is 1. The minimum Gasteiger partial charge on any atom is -0.508 e. The van der Waals surface area contributed by atoms with Crippen LogP contribution >= 0.6 is 32.9 Å². The molecule has 39 nitrogen and oxygen atoms in total. The lowest BCUT2D eigenvalue weighted by atomic mass is 9.92. The van der Waals surface area contributed by atoms with E-state index in [9.17, 15) is 97.5 Å². The van der Waals surface area contributed by atoms with Crippen molar-refractivity contribution >= 4 is 128 Å². The summed E-state index contributed by atoms with van der Waals surface area (Å²) in [5.74, 6) is -13.5. The van der Waals surface area contributed by atoms with Crippen molar-refractivity contribution < 1.29 is 122 Å². The van der Waals surface area contributed by atoms with Crippen LogP contribution in [0, 0.1) is 17.8 Å². The van der Waals surface area contributed by atoms with Crippen LogP contribution < -0.4 is 58.7 Å². The van der Waals surface area contributed by atoms with Crippen LogP contribution in [-0.4, -0.2) is 247 Å². The van der Waals surface area contributed by atoms with E-state index in [2.05, 4.69) is 65.3 Å². The molecule has 0 bridgehead atoms. The number of likely N-dealkylation sites (tertiary alicyclic amines) is 1. The van der Waals surface area contributed by atoms with Gasteiger partial charge in [0.25, 0.3) is 5.91 Å². The van der Waals surface area contributed by atoms with E-state index in [0.29, 0.717) is 36.1 Å². The van der Waals surface area contributed by atoms with E-state index in [4.69, 9.17) is 19.3 Å². The van der Waals surface area contributed by atoms with Crippen molar-refractivity contribution in [2.24, 2.45) is 17.8 Å². The van der Waals surface area contributed by atoms with Gasteiger partial charge in [0.15, 0.2) is 6.10 Å². The molecule has 1 aliphatic heterocycles. The van der Waals surface area contributed by atoms with Crippen molar-refractivity contribution in [1.82, 2.24) is 73.5 Å². The van der Waals surface area contributed by atoms with Gasteiger partial charge in [-0.1, -0.05) is 132 Å². The number of unbranched alkanes of at least 4 members (excludes halogenated alkanes) is 4. The number of carbonyl (C=O) groups excluding carboxylic acids is 11. The van der Waals surface area contributed by atoms with Crippen LogP contribution in [0.5, 0.6) is 5.75 Å². The number of benzene rings is 2. The predicted octanol–water partition coefficient (Wildman–Crippen LogP) is 5.48. The van der Waals surface area contributed by atoms with Gasteiger partial charge in [-0.15, -0.1) is 11.3 Å². The van der Waals surface area contributed by atoms with E-state index < -0.39 is 170 Å². The summed E-state index contributed by atoms with van der Waals surface area (Å²) in [5, 5.41) is 81.4. The van der Waals surface area contributed by atoms with Gasteiger partial charge in [0.2, 0.25) is 35.4 Å². The Labute approximate surface area is 720 Å². The number of aliphatic carboxylic acids is 5. The molecule has 42 heteroatoms. The van der Waals surface area contributed by atoms with Crippen LogP contribution in [0.4, 0.5) is 14.4 Å². The highest BCUT2D eigenvalue weighted by molar-refractivity contribution is 8.76. The van der Waals surface area contributed by atoms with E-state index >= 15 is 4.79 Å². The number of likely N-dealkylation sites (N-methyl/N-ethyl adjacent to an activating group) is 1. The van der Waals surface area contributed by atoms with Gasteiger partial charge >= 0.3 is 54.0 Å². The van der Waals surface area contributed by atoms with Crippen LogP contribution in [0.1, 0.15) is 203 Å². The van der Waals surface area contributed by atoms with Gasteiger partial charge in [0, 0.05) is 80.4 Å². The Morgan fingerprint density at radius 3 is 1.90 bits per heavy atom. The maximum Gasteiger partial charge on any atom is 0.426 e. The van der Waals surface area contributed by atoms with Crippen molar-refractivity contribution in [3.63, 3.8) is 0 Å². The fourth-order valence-electron chi connectivity index (χ4n) is 12.8. The minimum atomic E-state index is -1.76. The highest BCUT2D eigenvalue weighted by atomic mass is 33.1. The second-order valence-electron chi connectivity index (χ2n) is 30.2.